The molecular formula is C10H8ClFO. The van der Waals surface area contributed by atoms with E-state index in [1.165, 1.54) is 18.2 Å². The van der Waals surface area contributed by atoms with Gasteiger partial charge in [0.1, 0.15) is 11.9 Å². The first kappa shape index (κ1) is 10.0. The van der Waals surface area contributed by atoms with Gasteiger partial charge < -0.3 is 5.11 Å². The van der Waals surface area contributed by atoms with Gasteiger partial charge in [-0.1, -0.05) is 23.4 Å². The topological polar surface area (TPSA) is 20.2 Å². The highest BCUT2D eigenvalue weighted by molar-refractivity contribution is 6.30. The Morgan fingerprint density at radius 1 is 1.54 bits per heavy atom. The van der Waals surface area contributed by atoms with Crippen molar-refractivity contribution in [2.75, 3.05) is 0 Å². The molecule has 0 amide bonds. The Morgan fingerprint density at radius 3 is 2.77 bits per heavy atom. The van der Waals surface area contributed by atoms with Crippen LogP contribution in [0.5, 0.6) is 0 Å². The van der Waals surface area contributed by atoms with E-state index in [1.807, 2.05) is 0 Å². The summed E-state index contributed by atoms with van der Waals surface area (Å²) < 4.78 is 12.7. The molecule has 0 heterocycles. The van der Waals surface area contributed by atoms with Gasteiger partial charge in [0, 0.05) is 5.56 Å². The molecular weight excluding hydrogens is 191 g/mol. The quantitative estimate of drug-likeness (QED) is 0.634. The molecule has 0 aliphatic carbocycles. The molecule has 1 unspecified atom stereocenters. The fraction of sp³-hybridized carbons (Fsp3) is 0.200. The second kappa shape index (κ2) is 4.27. The molecule has 0 fully saturated rings. The lowest BCUT2D eigenvalue weighted by molar-refractivity contribution is 0.253. The van der Waals surface area contributed by atoms with E-state index in [-0.39, 0.29) is 5.02 Å². The van der Waals surface area contributed by atoms with Crippen LogP contribution < -0.4 is 0 Å². The summed E-state index contributed by atoms with van der Waals surface area (Å²) in [5, 5.41) is 8.90. The van der Waals surface area contributed by atoms with Gasteiger partial charge in [-0.2, -0.15) is 0 Å². The highest BCUT2D eigenvalue weighted by Crippen LogP contribution is 2.15. The summed E-state index contributed by atoms with van der Waals surface area (Å²) in [5.74, 6) is 4.73. The van der Waals surface area contributed by atoms with Crippen LogP contribution in [0.1, 0.15) is 12.5 Å². The van der Waals surface area contributed by atoms with Crippen LogP contribution in [0.4, 0.5) is 4.39 Å². The van der Waals surface area contributed by atoms with Crippen LogP contribution in [-0.2, 0) is 0 Å². The van der Waals surface area contributed by atoms with Crippen molar-refractivity contribution in [1.82, 2.24) is 0 Å². The van der Waals surface area contributed by atoms with E-state index in [0.29, 0.717) is 5.56 Å². The van der Waals surface area contributed by atoms with Crippen molar-refractivity contribution < 1.29 is 9.50 Å². The summed E-state index contributed by atoms with van der Waals surface area (Å²) in [6.45, 7) is 1.55. The number of hydrogen-bond donors (Lipinski definition) is 1. The molecule has 0 saturated carbocycles. The molecule has 0 aromatic heterocycles. The van der Waals surface area contributed by atoms with E-state index in [0.717, 1.165) is 0 Å². The Balaban J connectivity index is 2.94. The zero-order valence-corrected chi connectivity index (χ0v) is 7.77. The summed E-state index contributed by atoms with van der Waals surface area (Å²) in [7, 11) is 0. The molecule has 1 rings (SSSR count). The molecule has 0 radical (unpaired) electrons. The average molecular weight is 199 g/mol. The zero-order valence-electron chi connectivity index (χ0n) is 7.01. The molecule has 1 aromatic carbocycles. The molecule has 0 spiro atoms. The predicted octanol–water partition coefficient (Wildman–Crippen LogP) is 2.21. The number of aliphatic hydroxyl groups excluding tert-OH is 1. The molecule has 0 aliphatic heterocycles. The van der Waals surface area contributed by atoms with Crippen LogP contribution in [0.2, 0.25) is 5.02 Å². The lowest BCUT2D eigenvalue weighted by Gasteiger charge is -1.94. The second-order valence-corrected chi connectivity index (χ2v) is 2.98. The Labute approximate surface area is 81.2 Å². The van der Waals surface area contributed by atoms with Crippen molar-refractivity contribution in [2.24, 2.45) is 0 Å². The van der Waals surface area contributed by atoms with E-state index in [2.05, 4.69) is 11.8 Å². The minimum atomic E-state index is -0.691. The standard InChI is InChI=1S/C10H8ClFO/c1-7(13)2-3-8-4-5-10(12)9(11)6-8/h4-7,13H,1H3. The number of aliphatic hydroxyl groups is 1. The van der Waals surface area contributed by atoms with Gasteiger partial charge >= 0.3 is 0 Å². The van der Waals surface area contributed by atoms with Crippen LogP contribution in [0.25, 0.3) is 0 Å². The number of rotatable bonds is 0. The van der Waals surface area contributed by atoms with Gasteiger partial charge in [0.15, 0.2) is 0 Å². The van der Waals surface area contributed by atoms with Gasteiger partial charge in [0.2, 0.25) is 0 Å². The molecule has 0 aliphatic rings. The molecule has 3 heteroatoms. The smallest absolute Gasteiger partial charge is 0.141 e. The fourth-order valence-electron chi connectivity index (χ4n) is 0.762. The number of benzene rings is 1. The second-order valence-electron chi connectivity index (χ2n) is 2.57. The van der Waals surface area contributed by atoms with E-state index >= 15 is 0 Å². The predicted molar refractivity (Wildman–Crippen MR) is 50.0 cm³/mol. The van der Waals surface area contributed by atoms with Gasteiger partial charge in [0.25, 0.3) is 0 Å². The van der Waals surface area contributed by atoms with Gasteiger partial charge in [0.05, 0.1) is 5.02 Å². The molecule has 0 saturated heterocycles. The minimum Gasteiger partial charge on any atom is -0.381 e. The minimum absolute atomic E-state index is 0.0393. The summed E-state index contributed by atoms with van der Waals surface area (Å²) in [6, 6.07) is 4.18. The Kier molecular flexibility index (Phi) is 3.30. The zero-order chi connectivity index (χ0) is 9.84. The third kappa shape index (κ3) is 3.06. The Morgan fingerprint density at radius 2 is 2.23 bits per heavy atom. The normalized spacial score (nSPS) is 11.7. The number of hydrogen-bond acceptors (Lipinski definition) is 1. The summed E-state index contributed by atoms with van der Waals surface area (Å²) >= 11 is 5.52. The molecule has 1 aromatic rings. The van der Waals surface area contributed by atoms with Crippen LogP contribution in [-0.4, -0.2) is 11.2 Å². The highest BCUT2D eigenvalue weighted by Gasteiger charge is 1.98. The van der Waals surface area contributed by atoms with Crippen molar-refractivity contribution in [3.05, 3.63) is 34.6 Å². The fourth-order valence-corrected chi connectivity index (χ4v) is 0.942. The third-order valence-electron chi connectivity index (χ3n) is 1.34. The summed E-state index contributed by atoms with van der Waals surface area (Å²) in [4.78, 5) is 0. The lowest BCUT2D eigenvalue weighted by atomic mass is 10.2. The molecule has 1 atom stereocenters. The van der Waals surface area contributed by atoms with Crippen LogP contribution in [0.3, 0.4) is 0 Å². The molecule has 1 nitrogen and oxygen atoms in total. The maximum absolute atomic E-state index is 12.7. The summed E-state index contributed by atoms with van der Waals surface area (Å²) in [5.41, 5.74) is 0.590. The van der Waals surface area contributed by atoms with E-state index in [4.69, 9.17) is 16.7 Å². The molecule has 1 N–H and O–H groups in total. The Hall–Kier alpha value is -1.04. The van der Waals surface area contributed by atoms with Crippen molar-refractivity contribution in [1.29, 1.82) is 0 Å². The average Bonchev–Trinajstić information content (AvgIpc) is 2.07. The summed E-state index contributed by atoms with van der Waals surface area (Å²) in [6.07, 6.45) is -0.691. The monoisotopic (exact) mass is 198 g/mol. The van der Waals surface area contributed by atoms with Crippen molar-refractivity contribution >= 4 is 11.6 Å². The van der Waals surface area contributed by atoms with E-state index in [1.54, 1.807) is 6.92 Å². The molecule has 0 bridgehead atoms. The van der Waals surface area contributed by atoms with Crippen molar-refractivity contribution in [3.63, 3.8) is 0 Å². The largest absolute Gasteiger partial charge is 0.381 e. The third-order valence-corrected chi connectivity index (χ3v) is 1.63. The van der Waals surface area contributed by atoms with Crippen molar-refractivity contribution in [3.8, 4) is 11.8 Å². The number of halogens is 2. The van der Waals surface area contributed by atoms with E-state index in [9.17, 15) is 4.39 Å². The molecule has 68 valence electrons. The maximum Gasteiger partial charge on any atom is 0.141 e. The van der Waals surface area contributed by atoms with Gasteiger partial charge in [-0.25, -0.2) is 4.39 Å². The van der Waals surface area contributed by atoms with Gasteiger partial charge in [-0.15, -0.1) is 0 Å². The lowest BCUT2D eigenvalue weighted by Crippen LogP contribution is -1.92. The SMILES string of the molecule is CC(O)C#Cc1ccc(F)c(Cl)c1. The van der Waals surface area contributed by atoms with E-state index < -0.39 is 11.9 Å². The first-order chi connectivity index (χ1) is 6.09. The van der Waals surface area contributed by atoms with Crippen LogP contribution >= 0.6 is 11.6 Å². The van der Waals surface area contributed by atoms with Crippen molar-refractivity contribution in [2.45, 2.75) is 13.0 Å². The first-order valence-electron chi connectivity index (χ1n) is 3.74. The van der Waals surface area contributed by atoms with Gasteiger partial charge in [-0.05, 0) is 25.1 Å². The van der Waals surface area contributed by atoms with Gasteiger partial charge in [-0.3, -0.25) is 0 Å². The molecule has 13 heavy (non-hydrogen) atoms. The van der Waals surface area contributed by atoms with Crippen LogP contribution in [0, 0.1) is 17.7 Å². The first-order valence-corrected chi connectivity index (χ1v) is 4.12. The maximum atomic E-state index is 12.7. The van der Waals surface area contributed by atoms with Crippen LogP contribution in [0.15, 0.2) is 18.2 Å². The Bertz CT molecular complexity index is 363. The highest BCUT2D eigenvalue weighted by atomic mass is 35.5.